The molecule has 1 amide bonds. The van der Waals surface area contributed by atoms with Gasteiger partial charge in [0.1, 0.15) is 29.0 Å². The van der Waals surface area contributed by atoms with Crippen molar-refractivity contribution < 1.29 is 22.4 Å². The molecule has 9 nitrogen and oxygen atoms in total. The van der Waals surface area contributed by atoms with Crippen molar-refractivity contribution in [2.75, 3.05) is 19.4 Å². The van der Waals surface area contributed by atoms with Crippen LogP contribution < -0.4 is 15.2 Å². The highest BCUT2D eigenvalue weighted by Crippen LogP contribution is 2.27. The molecule has 0 saturated carbocycles. The van der Waals surface area contributed by atoms with Gasteiger partial charge in [-0.3, -0.25) is 4.79 Å². The number of halogens is 1. The molecule has 3 heterocycles. The van der Waals surface area contributed by atoms with Crippen molar-refractivity contribution in [2.24, 2.45) is 0 Å². The number of anilines is 1. The quantitative estimate of drug-likeness (QED) is 0.414. The predicted molar refractivity (Wildman–Crippen MR) is 130 cm³/mol. The number of rotatable bonds is 6. The number of likely N-dealkylation sites (tertiary alicyclic amines) is 1. The minimum Gasteiger partial charge on any atom is -0.497 e. The normalized spacial score (nSPS) is 16.2. The minimum absolute atomic E-state index is 0. The van der Waals surface area contributed by atoms with Gasteiger partial charge in [-0.15, -0.1) is 12.4 Å². The van der Waals surface area contributed by atoms with E-state index in [1.807, 2.05) is 12.1 Å². The van der Waals surface area contributed by atoms with Gasteiger partial charge in [-0.2, -0.15) is 4.72 Å². The summed E-state index contributed by atoms with van der Waals surface area (Å²) >= 11 is 0. The Hall–Kier alpha value is -3.34. The second kappa shape index (κ2) is 9.13. The highest BCUT2D eigenvalue weighted by molar-refractivity contribution is 7.89. The number of fused-ring (bicyclic) bond motifs is 2. The van der Waals surface area contributed by atoms with E-state index in [1.165, 1.54) is 6.07 Å². The summed E-state index contributed by atoms with van der Waals surface area (Å²) in [5.41, 5.74) is 6.46. The van der Waals surface area contributed by atoms with Crippen LogP contribution in [-0.2, 0) is 21.4 Å². The summed E-state index contributed by atoms with van der Waals surface area (Å²) in [4.78, 5) is 18.6. The van der Waals surface area contributed by atoms with E-state index in [-0.39, 0.29) is 29.8 Å². The number of carbonyl (C=O) groups is 1. The Labute approximate surface area is 202 Å². The monoisotopic (exact) mass is 502 g/mol. The van der Waals surface area contributed by atoms with E-state index in [0.717, 1.165) is 10.8 Å². The lowest BCUT2D eigenvalue weighted by Gasteiger charge is -2.16. The van der Waals surface area contributed by atoms with Crippen LogP contribution in [0.15, 0.2) is 64.0 Å². The number of nitrogens with two attached hydrogens (primary N) is 1. The molecule has 0 spiro atoms. The Kier molecular flexibility index (Phi) is 6.39. The van der Waals surface area contributed by atoms with E-state index in [1.54, 1.807) is 48.5 Å². The third-order valence-electron chi connectivity index (χ3n) is 5.80. The third kappa shape index (κ3) is 4.39. The van der Waals surface area contributed by atoms with E-state index >= 15 is 0 Å². The molecule has 1 saturated heterocycles. The van der Waals surface area contributed by atoms with Crippen molar-refractivity contribution >= 4 is 55.9 Å². The van der Waals surface area contributed by atoms with Gasteiger partial charge in [0.15, 0.2) is 0 Å². The Morgan fingerprint density at radius 2 is 1.97 bits per heavy atom. The number of hydrogen-bond donors (Lipinski definition) is 2. The number of sulfonamides is 1. The smallest absolute Gasteiger partial charge is 0.241 e. The summed E-state index contributed by atoms with van der Waals surface area (Å²) in [5, 5.41) is 2.30. The molecule has 34 heavy (non-hydrogen) atoms. The lowest BCUT2D eigenvalue weighted by Crippen LogP contribution is -2.41. The van der Waals surface area contributed by atoms with Gasteiger partial charge in [0.2, 0.25) is 15.9 Å². The fraction of sp³-hybridized carbons (Fsp3) is 0.217. The van der Waals surface area contributed by atoms with Crippen molar-refractivity contribution in [3.8, 4) is 5.75 Å². The molecule has 1 fully saturated rings. The predicted octanol–water partition coefficient (Wildman–Crippen LogP) is 3.07. The summed E-state index contributed by atoms with van der Waals surface area (Å²) in [7, 11) is -2.34. The number of nitrogens with zero attached hydrogens (tertiary/aromatic N) is 2. The van der Waals surface area contributed by atoms with Crippen LogP contribution in [0.5, 0.6) is 5.75 Å². The van der Waals surface area contributed by atoms with Gasteiger partial charge in [0, 0.05) is 12.7 Å². The Bertz CT molecular complexity index is 1490. The molecule has 1 aliphatic rings. The number of ether oxygens (including phenoxy) is 1. The summed E-state index contributed by atoms with van der Waals surface area (Å²) in [5.74, 6) is 1.25. The number of benzene rings is 2. The summed E-state index contributed by atoms with van der Waals surface area (Å²) in [6, 6.07) is 12.9. The number of nitrogen functional groups attached to an aromatic ring is 1. The van der Waals surface area contributed by atoms with E-state index < -0.39 is 16.1 Å². The van der Waals surface area contributed by atoms with E-state index in [4.69, 9.17) is 14.9 Å². The zero-order valence-electron chi connectivity index (χ0n) is 18.2. The molecule has 1 atom stereocenters. The largest absolute Gasteiger partial charge is 0.497 e. The first-order valence-corrected chi connectivity index (χ1v) is 11.8. The number of furan rings is 1. The third-order valence-corrected chi connectivity index (χ3v) is 7.27. The molecular weight excluding hydrogens is 480 g/mol. The lowest BCUT2D eigenvalue weighted by atomic mass is 10.1. The van der Waals surface area contributed by atoms with Crippen LogP contribution >= 0.6 is 12.4 Å². The van der Waals surface area contributed by atoms with Crippen LogP contribution in [-0.4, -0.2) is 43.9 Å². The SMILES string of the molecule is COc1ccc2ccc(S(=O)(=O)N[C@H]3CCN(Cc4cc5c(N)nccc5o4)C3=O)cc2c1.Cl. The molecule has 178 valence electrons. The molecule has 0 aliphatic carbocycles. The maximum absolute atomic E-state index is 13.0. The van der Waals surface area contributed by atoms with Gasteiger partial charge in [0.05, 0.1) is 23.9 Å². The topological polar surface area (TPSA) is 128 Å². The number of methoxy groups -OCH3 is 1. The molecule has 2 aromatic heterocycles. The summed E-state index contributed by atoms with van der Waals surface area (Å²) in [6.07, 6.45) is 1.92. The van der Waals surface area contributed by atoms with Gasteiger partial charge in [0.25, 0.3) is 0 Å². The van der Waals surface area contributed by atoms with Gasteiger partial charge in [-0.25, -0.2) is 13.4 Å². The number of hydrogen-bond acceptors (Lipinski definition) is 7. The first kappa shape index (κ1) is 23.8. The second-order valence-electron chi connectivity index (χ2n) is 7.92. The number of carbonyl (C=O) groups excluding carboxylic acids is 1. The Balaban J connectivity index is 0.00000274. The first-order chi connectivity index (χ1) is 15.8. The average molecular weight is 503 g/mol. The van der Waals surface area contributed by atoms with Gasteiger partial charge in [-0.05, 0) is 53.6 Å². The van der Waals surface area contributed by atoms with Crippen LogP contribution in [0.1, 0.15) is 12.2 Å². The summed E-state index contributed by atoms with van der Waals surface area (Å²) < 4.78 is 39.5. The highest BCUT2D eigenvalue weighted by atomic mass is 35.5. The minimum atomic E-state index is -3.90. The van der Waals surface area contributed by atoms with E-state index in [0.29, 0.717) is 41.3 Å². The number of amides is 1. The molecule has 3 N–H and O–H groups in total. The Morgan fingerprint density at radius 3 is 2.74 bits per heavy atom. The molecule has 4 aromatic rings. The zero-order valence-corrected chi connectivity index (χ0v) is 19.9. The van der Waals surface area contributed by atoms with Gasteiger partial charge in [-0.1, -0.05) is 12.1 Å². The molecule has 1 aliphatic heterocycles. The van der Waals surface area contributed by atoms with Crippen LogP contribution in [0.2, 0.25) is 0 Å². The van der Waals surface area contributed by atoms with Crippen molar-refractivity contribution in [2.45, 2.75) is 23.9 Å². The van der Waals surface area contributed by atoms with Crippen molar-refractivity contribution in [1.29, 1.82) is 0 Å². The first-order valence-electron chi connectivity index (χ1n) is 10.4. The van der Waals surface area contributed by atoms with E-state index in [2.05, 4.69) is 9.71 Å². The number of aromatic nitrogens is 1. The van der Waals surface area contributed by atoms with Crippen molar-refractivity contribution in [3.63, 3.8) is 0 Å². The standard InChI is InChI=1S/C23H22N4O5S.ClH/c1-31-16-4-2-14-3-5-18(11-15(14)10-16)33(29,30)26-20-7-9-27(23(20)28)13-17-12-19-21(32-17)6-8-25-22(19)24;/h2-6,8,10-12,20,26H,7,9,13H2,1H3,(H2,24,25);1H/t20-;/m0./s1. The second-order valence-corrected chi connectivity index (χ2v) is 9.63. The maximum atomic E-state index is 13.0. The maximum Gasteiger partial charge on any atom is 0.241 e. The average Bonchev–Trinajstić information content (AvgIpc) is 3.37. The Morgan fingerprint density at radius 1 is 1.18 bits per heavy atom. The van der Waals surface area contributed by atoms with Crippen LogP contribution in [0.4, 0.5) is 5.82 Å². The highest BCUT2D eigenvalue weighted by Gasteiger charge is 2.35. The molecule has 0 bridgehead atoms. The van der Waals surface area contributed by atoms with Crippen LogP contribution in [0.25, 0.3) is 21.7 Å². The van der Waals surface area contributed by atoms with Crippen LogP contribution in [0, 0.1) is 0 Å². The van der Waals surface area contributed by atoms with Crippen molar-refractivity contribution in [1.82, 2.24) is 14.6 Å². The van der Waals surface area contributed by atoms with Crippen LogP contribution in [0.3, 0.4) is 0 Å². The van der Waals surface area contributed by atoms with Gasteiger partial charge < -0.3 is 19.8 Å². The number of nitrogens with one attached hydrogen (secondary N) is 1. The molecular formula is C23H23ClN4O5S. The molecule has 5 rings (SSSR count). The van der Waals surface area contributed by atoms with Crippen molar-refractivity contribution in [3.05, 3.63) is 60.5 Å². The fourth-order valence-electron chi connectivity index (χ4n) is 4.06. The summed E-state index contributed by atoms with van der Waals surface area (Å²) in [6.45, 7) is 0.632. The molecule has 0 unspecified atom stereocenters. The van der Waals surface area contributed by atoms with E-state index in [9.17, 15) is 13.2 Å². The van der Waals surface area contributed by atoms with Gasteiger partial charge >= 0.3 is 0 Å². The molecule has 2 aromatic carbocycles. The molecule has 11 heteroatoms. The zero-order chi connectivity index (χ0) is 23.2. The fourth-order valence-corrected chi connectivity index (χ4v) is 5.32. The lowest BCUT2D eigenvalue weighted by molar-refractivity contribution is -0.129. The number of pyridine rings is 1. The molecule has 0 radical (unpaired) electrons.